The molecule has 1 heterocycles. The Morgan fingerprint density at radius 3 is 2.25 bits per heavy atom. The predicted molar refractivity (Wildman–Crippen MR) is 122 cm³/mol. The molecule has 6 nitrogen and oxygen atoms in total. The number of carbonyl (C=O) groups is 2. The molecule has 0 bridgehead atoms. The lowest BCUT2D eigenvalue weighted by atomic mass is 9.95. The third kappa shape index (κ3) is 3.79. The Balaban J connectivity index is 1.94. The van der Waals surface area contributed by atoms with E-state index in [0.717, 1.165) is 0 Å². The number of carbonyl (C=O) groups excluding carboxylic acids is 2. The maximum Gasteiger partial charge on any atom is 0.300 e. The van der Waals surface area contributed by atoms with Crippen LogP contribution in [-0.4, -0.2) is 29.0 Å². The first-order valence-electron chi connectivity index (χ1n) is 9.51. The highest BCUT2D eigenvalue weighted by molar-refractivity contribution is 6.51. The number of hydrogen-bond acceptors (Lipinski definition) is 5. The van der Waals surface area contributed by atoms with Crippen molar-refractivity contribution in [3.05, 3.63) is 93.5 Å². The molecule has 0 radical (unpaired) electrons. The van der Waals surface area contributed by atoms with Gasteiger partial charge in [-0.2, -0.15) is 0 Å². The Labute approximate surface area is 193 Å². The van der Waals surface area contributed by atoms with Crippen LogP contribution in [0, 0.1) is 0 Å². The van der Waals surface area contributed by atoms with Gasteiger partial charge in [0.1, 0.15) is 17.3 Å². The fourth-order valence-corrected chi connectivity index (χ4v) is 3.96. The standard InChI is InChI=1S/C24H17Cl2NO5/c1-32-19-12-14(4-11-18(19)26)22(29)20-21(13-2-9-17(28)10-3-13)27(24(31)23(20)30)16-7-5-15(25)6-8-16/h2-12,21,28-29H,1H3/b22-20-. The molecule has 4 rings (SSSR count). The number of Topliss-reactive ketones (excluding diaryl/α,β-unsaturated/α-hetero) is 1. The normalized spacial score (nSPS) is 17.6. The van der Waals surface area contributed by atoms with Crippen LogP contribution in [-0.2, 0) is 9.59 Å². The van der Waals surface area contributed by atoms with Crippen LogP contribution in [0.4, 0.5) is 5.69 Å². The van der Waals surface area contributed by atoms with E-state index >= 15 is 0 Å². The van der Waals surface area contributed by atoms with Crippen molar-refractivity contribution in [2.45, 2.75) is 6.04 Å². The Morgan fingerprint density at radius 1 is 0.969 bits per heavy atom. The van der Waals surface area contributed by atoms with Crippen molar-refractivity contribution >= 4 is 46.3 Å². The zero-order valence-corrected chi connectivity index (χ0v) is 18.3. The van der Waals surface area contributed by atoms with E-state index in [-0.39, 0.29) is 22.6 Å². The first-order valence-corrected chi connectivity index (χ1v) is 10.3. The van der Waals surface area contributed by atoms with Gasteiger partial charge in [-0.15, -0.1) is 0 Å². The third-order valence-electron chi connectivity index (χ3n) is 5.18. The molecule has 1 unspecified atom stereocenters. The van der Waals surface area contributed by atoms with Crippen molar-refractivity contribution in [2.75, 3.05) is 12.0 Å². The van der Waals surface area contributed by atoms with Crippen LogP contribution in [0.2, 0.25) is 10.0 Å². The van der Waals surface area contributed by atoms with Crippen molar-refractivity contribution in [2.24, 2.45) is 0 Å². The summed E-state index contributed by atoms with van der Waals surface area (Å²) in [4.78, 5) is 27.5. The molecule has 1 saturated heterocycles. The smallest absolute Gasteiger partial charge is 0.300 e. The van der Waals surface area contributed by atoms with Gasteiger partial charge in [-0.3, -0.25) is 14.5 Å². The largest absolute Gasteiger partial charge is 0.508 e. The van der Waals surface area contributed by atoms with Gasteiger partial charge >= 0.3 is 0 Å². The lowest BCUT2D eigenvalue weighted by molar-refractivity contribution is -0.132. The summed E-state index contributed by atoms with van der Waals surface area (Å²) in [6.45, 7) is 0. The van der Waals surface area contributed by atoms with Crippen LogP contribution >= 0.6 is 23.2 Å². The zero-order valence-electron chi connectivity index (χ0n) is 16.8. The molecule has 0 aromatic heterocycles. The lowest BCUT2D eigenvalue weighted by Gasteiger charge is -2.25. The molecule has 0 saturated carbocycles. The molecule has 162 valence electrons. The van der Waals surface area contributed by atoms with Gasteiger partial charge in [-0.25, -0.2) is 0 Å². The number of rotatable bonds is 4. The van der Waals surface area contributed by atoms with E-state index in [4.69, 9.17) is 27.9 Å². The van der Waals surface area contributed by atoms with Gasteiger partial charge in [0.25, 0.3) is 11.7 Å². The Morgan fingerprint density at radius 2 is 1.62 bits per heavy atom. The summed E-state index contributed by atoms with van der Waals surface area (Å²) in [5.74, 6) is -1.67. The van der Waals surface area contributed by atoms with Gasteiger partial charge in [0.15, 0.2) is 0 Å². The second kappa shape index (κ2) is 8.57. The quantitative estimate of drug-likeness (QED) is 0.306. The van der Waals surface area contributed by atoms with Crippen LogP contribution < -0.4 is 9.64 Å². The predicted octanol–water partition coefficient (Wildman–Crippen LogP) is 5.33. The Kier molecular flexibility index (Phi) is 5.82. The highest BCUT2D eigenvalue weighted by Crippen LogP contribution is 2.43. The Hall–Kier alpha value is -3.48. The molecular formula is C24H17Cl2NO5. The summed E-state index contributed by atoms with van der Waals surface area (Å²) in [5, 5.41) is 21.6. The molecule has 8 heteroatoms. The average molecular weight is 470 g/mol. The molecule has 3 aromatic carbocycles. The zero-order chi connectivity index (χ0) is 23.0. The first-order chi connectivity index (χ1) is 15.3. The van der Waals surface area contributed by atoms with Gasteiger partial charge in [-0.05, 0) is 60.2 Å². The van der Waals surface area contributed by atoms with Crippen molar-refractivity contribution < 1.29 is 24.5 Å². The number of ketones is 1. The Bertz CT molecular complexity index is 1240. The maximum atomic E-state index is 13.1. The number of nitrogens with zero attached hydrogens (tertiary/aromatic N) is 1. The van der Waals surface area contributed by atoms with Crippen LogP contribution in [0.5, 0.6) is 11.5 Å². The van der Waals surface area contributed by atoms with E-state index in [2.05, 4.69) is 0 Å². The second-order valence-corrected chi connectivity index (χ2v) is 7.93. The number of aliphatic hydroxyl groups is 1. The fourth-order valence-electron chi connectivity index (χ4n) is 3.64. The number of aromatic hydroxyl groups is 1. The summed E-state index contributed by atoms with van der Waals surface area (Å²) in [6, 6.07) is 16.1. The van der Waals surface area contributed by atoms with E-state index in [1.807, 2.05) is 0 Å². The van der Waals surface area contributed by atoms with Gasteiger partial charge in [-0.1, -0.05) is 35.3 Å². The third-order valence-corrected chi connectivity index (χ3v) is 5.75. The maximum absolute atomic E-state index is 13.1. The first kappa shape index (κ1) is 21.7. The van der Waals surface area contributed by atoms with Gasteiger partial charge in [0, 0.05) is 16.3 Å². The number of phenols is 1. The highest BCUT2D eigenvalue weighted by Gasteiger charge is 2.47. The lowest BCUT2D eigenvalue weighted by Crippen LogP contribution is -2.29. The number of ether oxygens (including phenoxy) is 1. The molecule has 0 aliphatic carbocycles. The summed E-state index contributed by atoms with van der Waals surface area (Å²) in [5.41, 5.74) is 1.13. The molecule has 3 aromatic rings. The van der Waals surface area contributed by atoms with E-state index in [1.165, 1.54) is 42.3 Å². The molecule has 32 heavy (non-hydrogen) atoms. The monoisotopic (exact) mass is 469 g/mol. The van der Waals surface area contributed by atoms with Crippen molar-refractivity contribution in [3.8, 4) is 11.5 Å². The minimum atomic E-state index is -0.932. The van der Waals surface area contributed by atoms with Gasteiger partial charge in [0.05, 0.1) is 23.7 Å². The molecule has 1 atom stereocenters. The molecule has 1 amide bonds. The molecule has 1 aliphatic heterocycles. The number of benzene rings is 3. The van der Waals surface area contributed by atoms with E-state index in [0.29, 0.717) is 27.0 Å². The molecular weight excluding hydrogens is 453 g/mol. The minimum absolute atomic E-state index is 0.0274. The number of halogens is 2. The van der Waals surface area contributed by atoms with E-state index in [9.17, 15) is 19.8 Å². The molecule has 1 fully saturated rings. The van der Waals surface area contributed by atoms with Crippen LogP contribution in [0.3, 0.4) is 0 Å². The highest BCUT2D eigenvalue weighted by atomic mass is 35.5. The summed E-state index contributed by atoms with van der Waals surface area (Å²) in [6.07, 6.45) is 0. The summed E-state index contributed by atoms with van der Waals surface area (Å²) in [7, 11) is 1.43. The summed E-state index contributed by atoms with van der Waals surface area (Å²) < 4.78 is 5.20. The number of methoxy groups -OCH3 is 1. The number of aliphatic hydroxyl groups excluding tert-OH is 1. The molecule has 0 spiro atoms. The molecule has 2 N–H and O–H groups in total. The minimum Gasteiger partial charge on any atom is -0.508 e. The SMILES string of the molecule is COc1cc(/C(O)=C2/C(=O)C(=O)N(c3ccc(Cl)cc3)C2c2ccc(O)cc2)ccc1Cl. The van der Waals surface area contributed by atoms with E-state index in [1.54, 1.807) is 36.4 Å². The summed E-state index contributed by atoms with van der Waals surface area (Å²) >= 11 is 12.1. The number of anilines is 1. The van der Waals surface area contributed by atoms with Gasteiger partial charge in [0.2, 0.25) is 0 Å². The van der Waals surface area contributed by atoms with Crippen molar-refractivity contribution in [3.63, 3.8) is 0 Å². The fraction of sp³-hybridized carbons (Fsp3) is 0.0833. The van der Waals surface area contributed by atoms with Crippen LogP contribution in [0.25, 0.3) is 5.76 Å². The number of hydrogen-bond donors (Lipinski definition) is 2. The second-order valence-electron chi connectivity index (χ2n) is 7.09. The van der Waals surface area contributed by atoms with Crippen molar-refractivity contribution in [1.82, 2.24) is 0 Å². The topological polar surface area (TPSA) is 87.1 Å². The van der Waals surface area contributed by atoms with Crippen LogP contribution in [0.15, 0.2) is 72.3 Å². The number of phenolic OH excluding ortho intramolecular Hbond substituents is 1. The number of amides is 1. The molecule has 1 aliphatic rings. The van der Waals surface area contributed by atoms with Crippen molar-refractivity contribution in [1.29, 1.82) is 0 Å². The average Bonchev–Trinajstić information content (AvgIpc) is 3.05. The van der Waals surface area contributed by atoms with Gasteiger partial charge < -0.3 is 14.9 Å². The van der Waals surface area contributed by atoms with E-state index < -0.39 is 17.7 Å². The van der Waals surface area contributed by atoms with Crippen LogP contribution in [0.1, 0.15) is 17.2 Å².